The molecular weight excluding hydrogens is 485 g/mol. The van der Waals surface area contributed by atoms with E-state index in [0.717, 1.165) is 4.90 Å². The zero-order valence-corrected chi connectivity index (χ0v) is 18.5. The third kappa shape index (κ3) is 4.47. The quantitative estimate of drug-likeness (QED) is 0.169. The Morgan fingerprint density at radius 2 is 1.56 bits per heavy atom. The number of benzene rings is 3. The average molecular weight is 498 g/mol. The highest BCUT2D eigenvalue weighted by Crippen LogP contribution is 2.31. The van der Waals surface area contributed by atoms with E-state index in [1.807, 2.05) is 0 Å². The molecule has 1 N–H and O–H groups in total. The first-order chi connectivity index (χ1) is 16.3. The molecular formula is C23H13Cl2N3O6. The molecule has 1 aliphatic rings. The van der Waals surface area contributed by atoms with Gasteiger partial charge in [0.1, 0.15) is 10.7 Å². The first kappa shape index (κ1) is 23.0. The van der Waals surface area contributed by atoms with Crippen LogP contribution in [0.15, 0.2) is 83.5 Å². The Balaban J connectivity index is 1.49. The number of para-hydroxylation sites is 2. The van der Waals surface area contributed by atoms with Crippen LogP contribution in [-0.4, -0.2) is 22.7 Å². The lowest BCUT2D eigenvalue weighted by atomic mass is 10.2. The molecule has 1 aliphatic heterocycles. The van der Waals surface area contributed by atoms with Gasteiger partial charge >= 0.3 is 11.7 Å². The number of carbonyl (C=O) groups excluding carboxylic acids is 3. The Bertz CT molecular complexity index is 1350. The number of ether oxygens (including phenoxy) is 1. The van der Waals surface area contributed by atoms with Crippen molar-refractivity contribution in [2.75, 3.05) is 10.2 Å². The van der Waals surface area contributed by atoms with Crippen LogP contribution >= 0.6 is 23.2 Å². The maximum atomic E-state index is 12.8. The van der Waals surface area contributed by atoms with Crippen molar-refractivity contribution in [2.24, 2.45) is 0 Å². The molecule has 0 saturated carbocycles. The van der Waals surface area contributed by atoms with Gasteiger partial charge in [0.25, 0.3) is 11.8 Å². The standard InChI is InChI=1S/C23H13Cl2N3O6/c24-14-7-11-16(12-8-14)27-21(29)19(25)20(22(27)30)26-15-9-5-13(6-10-15)23(31)34-18-4-2-1-3-17(18)28(32)33/h1-12,26H. The maximum absolute atomic E-state index is 12.8. The molecule has 0 radical (unpaired) electrons. The van der Waals surface area contributed by atoms with Crippen LogP contribution in [0.5, 0.6) is 5.75 Å². The summed E-state index contributed by atoms with van der Waals surface area (Å²) in [6.45, 7) is 0. The van der Waals surface area contributed by atoms with E-state index in [9.17, 15) is 24.5 Å². The number of esters is 1. The summed E-state index contributed by atoms with van der Waals surface area (Å²) in [5, 5.41) is 14.0. The van der Waals surface area contributed by atoms with Crippen molar-refractivity contribution < 1.29 is 24.0 Å². The number of hydrogen-bond acceptors (Lipinski definition) is 7. The van der Waals surface area contributed by atoms with Gasteiger partial charge < -0.3 is 10.1 Å². The molecule has 2 amide bonds. The lowest BCUT2D eigenvalue weighted by Gasteiger charge is -2.15. The fourth-order valence-corrected chi connectivity index (χ4v) is 3.46. The molecule has 9 nitrogen and oxygen atoms in total. The first-order valence-electron chi connectivity index (χ1n) is 9.63. The fourth-order valence-electron chi connectivity index (χ4n) is 3.12. The van der Waals surface area contributed by atoms with Gasteiger partial charge in [0, 0.05) is 16.8 Å². The molecule has 0 fully saturated rings. The molecule has 3 aromatic rings. The van der Waals surface area contributed by atoms with Crippen molar-refractivity contribution in [3.8, 4) is 5.75 Å². The monoisotopic (exact) mass is 497 g/mol. The number of rotatable bonds is 6. The first-order valence-corrected chi connectivity index (χ1v) is 10.4. The predicted molar refractivity (Wildman–Crippen MR) is 125 cm³/mol. The summed E-state index contributed by atoms with van der Waals surface area (Å²) >= 11 is 12.0. The Hall–Kier alpha value is -4.21. The zero-order chi connectivity index (χ0) is 24.4. The van der Waals surface area contributed by atoms with Gasteiger partial charge in [0.15, 0.2) is 0 Å². The van der Waals surface area contributed by atoms with Gasteiger partial charge in [-0.2, -0.15) is 0 Å². The minimum absolute atomic E-state index is 0.111. The number of carbonyl (C=O) groups is 3. The summed E-state index contributed by atoms with van der Waals surface area (Å²) in [5.74, 6) is -2.34. The van der Waals surface area contributed by atoms with Crippen LogP contribution in [0, 0.1) is 10.1 Å². The van der Waals surface area contributed by atoms with Crippen molar-refractivity contribution in [1.82, 2.24) is 0 Å². The van der Waals surface area contributed by atoms with Gasteiger partial charge in [-0.1, -0.05) is 35.3 Å². The van der Waals surface area contributed by atoms with Crippen LogP contribution in [0.4, 0.5) is 17.1 Å². The van der Waals surface area contributed by atoms with Crippen LogP contribution in [-0.2, 0) is 9.59 Å². The van der Waals surface area contributed by atoms with Crippen molar-refractivity contribution >= 4 is 58.0 Å². The highest BCUT2D eigenvalue weighted by Gasteiger charge is 2.38. The molecule has 0 spiro atoms. The molecule has 34 heavy (non-hydrogen) atoms. The molecule has 0 unspecified atom stereocenters. The summed E-state index contributed by atoms with van der Waals surface area (Å²) in [6.07, 6.45) is 0. The molecule has 4 rings (SSSR count). The van der Waals surface area contributed by atoms with E-state index in [0.29, 0.717) is 16.4 Å². The highest BCUT2D eigenvalue weighted by atomic mass is 35.5. The predicted octanol–water partition coefficient (Wildman–Crippen LogP) is 4.90. The number of hydrogen-bond donors (Lipinski definition) is 1. The summed E-state index contributed by atoms with van der Waals surface area (Å²) in [5.41, 5.74) is 0.319. The molecule has 0 bridgehead atoms. The van der Waals surface area contributed by atoms with E-state index in [1.165, 1.54) is 60.7 Å². The summed E-state index contributed by atoms with van der Waals surface area (Å²) in [7, 11) is 0. The fraction of sp³-hybridized carbons (Fsp3) is 0. The SMILES string of the molecule is O=C(Oc1ccccc1[N+](=O)[O-])c1ccc(NC2=C(Cl)C(=O)N(c3ccc(Cl)cc3)C2=O)cc1. The number of halogens is 2. The second-order valence-electron chi connectivity index (χ2n) is 6.93. The zero-order valence-electron chi connectivity index (χ0n) is 17.0. The second-order valence-corrected chi connectivity index (χ2v) is 7.74. The Morgan fingerprint density at radius 1 is 0.912 bits per heavy atom. The van der Waals surface area contributed by atoms with Crippen LogP contribution < -0.4 is 15.0 Å². The van der Waals surface area contributed by atoms with E-state index in [2.05, 4.69) is 5.32 Å². The number of amides is 2. The topological polar surface area (TPSA) is 119 Å². The van der Waals surface area contributed by atoms with E-state index in [1.54, 1.807) is 12.1 Å². The number of nitrogens with zero attached hydrogens (tertiary/aromatic N) is 2. The van der Waals surface area contributed by atoms with Crippen LogP contribution in [0.2, 0.25) is 5.02 Å². The van der Waals surface area contributed by atoms with Crippen molar-refractivity contribution in [3.63, 3.8) is 0 Å². The molecule has 1 heterocycles. The van der Waals surface area contributed by atoms with Crippen LogP contribution in [0.3, 0.4) is 0 Å². The Morgan fingerprint density at radius 3 is 2.21 bits per heavy atom. The van der Waals surface area contributed by atoms with Gasteiger partial charge in [0.2, 0.25) is 5.75 Å². The van der Waals surface area contributed by atoms with E-state index in [-0.39, 0.29) is 27.7 Å². The van der Waals surface area contributed by atoms with Crippen LogP contribution in [0.1, 0.15) is 10.4 Å². The van der Waals surface area contributed by atoms with Gasteiger partial charge in [-0.15, -0.1) is 0 Å². The minimum atomic E-state index is -0.806. The second kappa shape index (κ2) is 9.34. The van der Waals surface area contributed by atoms with Gasteiger partial charge in [0.05, 0.1) is 16.2 Å². The summed E-state index contributed by atoms with van der Waals surface area (Å²) < 4.78 is 5.14. The summed E-state index contributed by atoms with van der Waals surface area (Å²) in [4.78, 5) is 49.1. The van der Waals surface area contributed by atoms with Crippen molar-refractivity contribution in [1.29, 1.82) is 0 Å². The molecule has 0 aliphatic carbocycles. The molecule has 0 saturated heterocycles. The molecule has 11 heteroatoms. The maximum Gasteiger partial charge on any atom is 0.343 e. The molecule has 0 atom stereocenters. The van der Waals surface area contributed by atoms with Crippen molar-refractivity contribution in [2.45, 2.75) is 0 Å². The number of anilines is 2. The highest BCUT2D eigenvalue weighted by molar-refractivity contribution is 6.53. The Kier molecular flexibility index (Phi) is 6.31. The third-order valence-electron chi connectivity index (χ3n) is 4.77. The number of nitro benzene ring substituents is 1. The molecule has 3 aromatic carbocycles. The Labute approximate surface area is 202 Å². The number of imide groups is 1. The molecule has 0 aromatic heterocycles. The normalized spacial score (nSPS) is 13.3. The third-order valence-corrected chi connectivity index (χ3v) is 5.37. The smallest absolute Gasteiger partial charge is 0.343 e. The minimum Gasteiger partial charge on any atom is -0.416 e. The number of nitrogens with one attached hydrogen (secondary N) is 1. The van der Waals surface area contributed by atoms with E-state index >= 15 is 0 Å². The van der Waals surface area contributed by atoms with Gasteiger partial charge in [-0.25, -0.2) is 9.69 Å². The van der Waals surface area contributed by atoms with Gasteiger partial charge in [-0.05, 0) is 54.6 Å². The molecule has 170 valence electrons. The summed E-state index contributed by atoms with van der Waals surface area (Å²) in [6, 6.07) is 17.3. The van der Waals surface area contributed by atoms with Crippen LogP contribution in [0.25, 0.3) is 0 Å². The lowest BCUT2D eigenvalue weighted by Crippen LogP contribution is -2.32. The average Bonchev–Trinajstić information content (AvgIpc) is 3.03. The largest absolute Gasteiger partial charge is 0.416 e. The lowest BCUT2D eigenvalue weighted by molar-refractivity contribution is -0.385. The van der Waals surface area contributed by atoms with E-state index in [4.69, 9.17) is 27.9 Å². The van der Waals surface area contributed by atoms with Crippen molar-refractivity contribution in [3.05, 3.63) is 104 Å². The van der Waals surface area contributed by atoms with Gasteiger partial charge in [-0.3, -0.25) is 19.7 Å². The van der Waals surface area contributed by atoms with E-state index < -0.39 is 22.7 Å². The number of nitro groups is 1.